The van der Waals surface area contributed by atoms with Crippen molar-refractivity contribution in [2.24, 2.45) is 0 Å². The minimum absolute atomic E-state index is 0.0452. The Labute approximate surface area is 168 Å². The largest absolute Gasteiger partial charge is 0.321 e. The molecule has 0 saturated heterocycles. The molecular formula is C22H21N3O2S. The Bertz CT molecular complexity index is 1040. The highest BCUT2D eigenvalue weighted by Gasteiger charge is 2.20. The maximum atomic E-state index is 12.6. The van der Waals surface area contributed by atoms with E-state index in [-0.39, 0.29) is 11.8 Å². The van der Waals surface area contributed by atoms with Gasteiger partial charge in [0.15, 0.2) is 0 Å². The van der Waals surface area contributed by atoms with E-state index in [1.165, 1.54) is 16.9 Å². The number of hydrogen-bond donors (Lipinski definition) is 1. The maximum Gasteiger partial charge on any atom is 0.275 e. The van der Waals surface area contributed by atoms with Crippen LogP contribution in [0.3, 0.4) is 0 Å². The Hall–Kier alpha value is -2.99. The Morgan fingerprint density at radius 1 is 1.14 bits per heavy atom. The molecule has 0 fully saturated rings. The summed E-state index contributed by atoms with van der Waals surface area (Å²) < 4.78 is 0. The number of thiazole rings is 1. The summed E-state index contributed by atoms with van der Waals surface area (Å²) in [6, 6.07) is 13.8. The van der Waals surface area contributed by atoms with Crippen molar-refractivity contribution in [1.29, 1.82) is 0 Å². The second kappa shape index (κ2) is 7.56. The number of rotatable bonds is 3. The summed E-state index contributed by atoms with van der Waals surface area (Å²) in [5.74, 6) is -0.183. The van der Waals surface area contributed by atoms with Gasteiger partial charge in [0, 0.05) is 35.8 Å². The molecule has 1 N–H and O–H groups in total. The monoisotopic (exact) mass is 391 g/mol. The minimum Gasteiger partial charge on any atom is -0.321 e. The second-order valence-corrected chi connectivity index (χ2v) is 7.83. The zero-order chi connectivity index (χ0) is 19.7. The zero-order valence-corrected chi connectivity index (χ0v) is 16.7. The van der Waals surface area contributed by atoms with Gasteiger partial charge in [0.25, 0.3) is 5.91 Å². The van der Waals surface area contributed by atoms with Gasteiger partial charge in [0.05, 0.1) is 0 Å². The molecular weight excluding hydrogens is 370 g/mol. The average Bonchev–Trinajstić information content (AvgIpc) is 3.18. The number of benzene rings is 2. The lowest BCUT2D eigenvalue weighted by atomic mass is 10.0. The molecule has 0 radical (unpaired) electrons. The van der Waals surface area contributed by atoms with Crippen molar-refractivity contribution in [2.75, 3.05) is 16.8 Å². The number of nitrogens with zero attached hydrogens (tertiary/aromatic N) is 2. The van der Waals surface area contributed by atoms with Gasteiger partial charge in [-0.15, -0.1) is 11.3 Å². The van der Waals surface area contributed by atoms with Crippen LogP contribution in [0.15, 0.2) is 47.8 Å². The Kier molecular flexibility index (Phi) is 4.96. The lowest BCUT2D eigenvalue weighted by Gasteiger charge is -2.28. The molecule has 0 spiro atoms. The van der Waals surface area contributed by atoms with Crippen LogP contribution < -0.4 is 10.2 Å². The summed E-state index contributed by atoms with van der Waals surface area (Å²) >= 11 is 1.46. The van der Waals surface area contributed by atoms with E-state index in [4.69, 9.17) is 0 Å². The number of aromatic nitrogens is 1. The number of hydrogen-bond acceptors (Lipinski definition) is 4. The summed E-state index contributed by atoms with van der Waals surface area (Å²) in [6.45, 7) is 4.37. The van der Waals surface area contributed by atoms with E-state index in [9.17, 15) is 9.59 Å². The van der Waals surface area contributed by atoms with Gasteiger partial charge in [-0.1, -0.05) is 29.8 Å². The van der Waals surface area contributed by atoms with E-state index in [0.717, 1.165) is 46.9 Å². The highest BCUT2D eigenvalue weighted by molar-refractivity contribution is 7.13. The normalized spacial score (nSPS) is 13.1. The van der Waals surface area contributed by atoms with Crippen molar-refractivity contribution in [3.05, 3.63) is 64.7 Å². The summed E-state index contributed by atoms with van der Waals surface area (Å²) in [5, 5.41) is 5.53. The Balaban J connectivity index is 1.51. The van der Waals surface area contributed by atoms with Gasteiger partial charge in [-0.25, -0.2) is 4.98 Å². The fraction of sp³-hybridized carbons (Fsp3) is 0.227. The molecule has 0 aliphatic carbocycles. The predicted molar refractivity (Wildman–Crippen MR) is 113 cm³/mol. The third-order valence-electron chi connectivity index (χ3n) is 4.87. The van der Waals surface area contributed by atoms with E-state index in [2.05, 4.69) is 10.3 Å². The molecule has 0 saturated carbocycles. The summed E-state index contributed by atoms with van der Waals surface area (Å²) in [6.07, 6.45) is 1.83. The van der Waals surface area contributed by atoms with Crippen LogP contribution in [0.2, 0.25) is 0 Å². The lowest BCUT2D eigenvalue weighted by Crippen LogP contribution is -2.33. The van der Waals surface area contributed by atoms with Crippen LogP contribution in [-0.4, -0.2) is 23.3 Å². The van der Waals surface area contributed by atoms with Crippen LogP contribution in [0, 0.1) is 6.92 Å². The Morgan fingerprint density at radius 2 is 1.93 bits per heavy atom. The molecule has 4 rings (SSSR count). The van der Waals surface area contributed by atoms with Gasteiger partial charge in [-0.3, -0.25) is 9.59 Å². The third kappa shape index (κ3) is 3.68. The van der Waals surface area contributed by atoms with Crippen LogP contribution in [-0.2, 0) is 11.2 Å². The molecule has 3 aromatic rings. The third-order valence-corrected chi connectivity index (χ3v) is 5.76. The van der Waals surface area contributed by atoms with Gasteiger partial charge in [0.1, 0.15) is 10.7 Å². The van der Waals surface area contributed by atoms with Crippen molar-refractivity contribution < 1.29 is 9.59 Å². The first-order chi connectivity index (χ1) is 13.5. The molecule has 0 atom stereocenters. The molecule has 1 aliphatic rings. The topological polar surface area (TPSA) is 62.3 Å². The first-order valence-corrected chi connectivity index (χ1v) is 10.1. The van der Waals surface area contributed by atoms with Crippen LogP contribution >= 0.6 is 11.3 Å². The summed E-state index contributed by atoms with van der Waals surface area (Å²) in [7, 11) is 0. The quantitative estimate of drug-likeness (QED) is 0.706. The molecule has 1 aliphatic heterocycles. The van der Waals surface area contributed by atoms with Crippen molar-refractivity contribution in [3.8, 4) is 10.6 Å². The van der Waals surface area contributed by atoms with Crippen molar-refractivity contribution >= 4 is 34.5 Å². The molecule has 2 heterocycles. The number of carbonyl (C=O) groups is 2. The smallest absolute Gasteiger partial charge is 0.275 e. The Morgan fingerprint density at radius 3 is 2.68 bits per heavy atom. The molecule has 2 aromatic carbocycles. The fourth-order valence-corrected chi connectivity index (χ4v) is 4.21. The molecule has 28 heavy (non-hydrogen) atoms. The first-order valence-electron chi connectivity index (χ1n) is 9.26. The second-order valence-electron chi connectivity index (χ2n) is 6.98. The summed E-state index contributed by atoms with van der Waals surface area (Å²) in [5.41, 5.74) is 5.34. The van der Waals surface area contributed by atoms with Crippen LogP contribution in [0.1, 0.15) is 35.0 Å². The summed E-state index contributed by atoms with van der Waals surface area (Å²) in [4.78, 5) is 30.7. The van der Waals surface area contributed by atoms with E-state index < -0.39 is 0 Å². The van der Waals surface area contributed by atoms with Gasteiger partial charge >= 0.3 is 0 Å². The molecule has 0 bridgehead atoms. The van der Waals surface area contributed by atoms with E-state index in [1.807, 2.05) is 49.4 Å². The SMILES string of the molecule is CC(=O)N1CCCc2cc(NC(=O)c3csc(-c4ccc(C)cc4)n3)ccc21. The van der Waals surface area contributed by atoms with Gasteiger partial charge < -0.3 is 10.2 Å². The molecule has 5 nitrogen and oxygen atoms in total. The van der Waals surface area contributed by atoms with Crippen LogP contribution in [0.25, 0.3) is 10.6 Å². The number of aryl methyl sites for hydroxylation is 2. The van der Waals surface area contributed by atoms with E-state index in [1.54, 1.807) is 17.2 Å². The lowest BCUT2D eigenvalue weighted by molar-refractivity contribution is -0.116. The van der Waals surface area contributed by atoms with Gasteiger partial charge in [0.2, 0.25) is 5.91 Å². The predicted octanol–water partition coefficient (Wildman–Crippen LogP) is 4.67. The van der Waals surface area contributed by atoms with E-state index in [0.29, 0.717) is 5.69 Å². The molecule has 0 unspecified atom stereocenters. The van der Waals surface area contributed by atoms with Crippen molar-refractivity contribution in [1.82, 2.24) is 4.98 Å². The van der Waals surface area contributed by atoms with Crippen molar-refractivity contribution in [2.45, 2.75) is 26.7 Å². The standard InChI is InChI=1S/C22H21N3O2S/c1-14-5-7-16(8-6-14)22-24-19(13-28-22)21(27)23-18-9-10-20-17(12-18)4-3-11-25(20)15(2)26/h5-10,12-13H,3-4,11H2,1-2H3,(H,23,27). The number of nitrogens with one attached hydrogen (secondary N) is 1. The van der Waals surface area contributed by atoms with Gasteiger partial charge in [-0.2, -0.15) is 0 Å². The zero-order valence-electron chi connectivity index (χ0n) is 15.9. The number of carbonyl (C=O) groups excluding carboxylic acids is 2. The first kappa shape index (κ1) is 18.4. The van der Waals surface area contributed by atoms with Crippen molar-refractivity contribution in [3.63, 3.8) is 0 Å². The van der Waals surface area contributed by atoms with Gasteiger partial charge in [-0.05, 0) is 43.5 Å². The van der Waals surface area contributed by atoms with Crippen LogP contribution in [0.5, 0.6) is 0 Å². The fourth-order valence-electron chi connectivity index (χ4n) is 3.40. The maximum absolute atomic E-state index is 12.6. The molecule has 142 valence electrons. The number of fused-ring (bicyclic) bond motifs is 1. The molecule has 6 heteroatoms. The average molecular weight is 391 g/mol. The number of amides is 2. The highest BCUT2D eigenvalue weighted by atomic mass is 32.1. The minimum atomic E-state index is -0.228. The van der Waals surface area contributed by atoms with E-state index >= 15 is 0 Å². The molecule has 2 amide bonds. The number of anilines is 2. The van der Waals surface area contributed by atoms with Crippen LogP contribution in [0.4, 0.5) is 11.4 Å². The highest BCUT2D eigenvalue weighted by Crippen LogP contribution is 2.30. The molecule has 1 aromatic heterocycles.